The Morgan fingerprint density at radius 3 is 2.65 bits per heavy atom. The number of methoxy groups -OCH3 is 1. The molecule has 31 heavy (non-hydrogen) atoms. The van der Waals surface area contributed by atoms with Crippen molar-refractivity contribution in [2.75, 3.05) is 27.7 Å². The fraction of sp³-hybridized carbons (Fsp3) is 0.417. The molecule has 2 N–H and O–H groups in total. The molecule has 2 aromatic rings. The van der Waals surface area contributed by atoms with Gasteiger partial charge in [-0.1, -0.05) is 30.3 Å². The van der Waals surface area contributed by atoms with Crippen LogP contribution in [0.25, 0.3) is 0 Å². The maximum Gasteiger partial charge on any atom is 0.241 e. The van der Waals surface area contributed by atoms with Crippen LogP contribution in [0.2, 0.25) is 0 Å². The molecule has 0 saturated heterocycles. The Labute approximate surface area is 202 Å². The van der Waals surface area contributed by atoms with Crippen molar-refractivity contribution < 1.29 is 9.53 Å². The van der Waals surface area contributed by atoms with Gasteiger partial charge in [-0.3, -0.25) is 4.79 Å². The molecule has 0 radical (unpaired) electrons. The van der Waals surface area contributed by atoms with Crippen LogP contribution in [0.4, 0.5) is 0 Å². The van der Waals surface area contributed by atoms with Gasteiger partial charge in [-0.25, -0.2) is 4.99 Å². The molecule has 0 aromatic heterocycles. The Morgan fingerprint density at radius 1 is 1.19 bits per heavy atom. The molecule has 6 nitrogen and oxygen atoms in total. The van der Waals surface area contributed by atoms with Gasteiger partial charge in [-0.15, -0.1) is 24.0 Å². The molecular formula is C24H33IN4O2. The van der Waals surface area contributed by atoms with Crippen LogP contribution >= 0.6 is 24.0 Å². The molecule has 2 aromatic carbocycles. The second-order valence-electron chi connectivity index (χ2n) is 8.02. The molecule has 1 unspecified atom stereocenters. The smallest absolute Gasteiger partial charge is 0.241 e. The summed E-state index contributed by atoms with van der Waals surface area (Å²) in [6, 6.07) is 15.0. The lowest BCUT2D eigenvalue weighted by Crippen LogP contribution is -2.48. The van der Waals surface area contributed by atoms with E-state index in [-0.39, 0.29) is 42.5 Å². The van der Waals surface area contributed by atoms with Gasteiger partial charge >= 0.3 is 0 Å². The minimum absolute atomic E-state index is 0. The highest BCUT2D eigenvalue weighted by Gasteiger charge is 2.19. The highest BCUT2D eigenvalue weighted by molar-refractivity contribution is 14.0. The van der Waals surface area contributed by atoms with Crippen molar-refractivity contribution in [3.8, 4) is 5.75 Å². The fourth-order valence-electron chi connectivity index (χ4n) is 3.69. The number of benzene rings is 2. The average molecular weight is 536 g/mol. The Hall–Kier alpha value is -2.29. The molecule has 0 spiro atoms. The van der Waals surface area contributed by atoms with Crippen LogP contribution in [-0.2, 0) is 24.2 Å². The lowest BCUT2D eigenvalue weighted by Gasteiger charge is -2.27. The number of amides is 1. The number of nitrogens with zero attached hydrogens (tertiary/aromatic N) is 2. The van der Waals surface area contributed by atoms with Crippen LogP contribution in [0.5, 0.6) is 5.75 Å². The van der Waals surface area contributed by atoms with Gasteiger partial charge in [0.15, 0.2) is 5.96 Å². The van der Waals surface area contributed by atoms with Crippen LogP contribution in [0.15, 0.2) is 47.5 Å². The summed E-state index contributed by atoms with van der Waals surface area (Å²) < 4.78 is 5.37. The van der Waals surface area contributed by atoms with E-state index in [2.05, 4.69) is 41.0 Å². The van der Waals surface area contributed by atoms with E-state index in [9.17, 15) is 4.79 Å². The number of carbonyl (C=O) groups excluding carboxylic acids is 1. The molecule has 0 saturated carbocycles. The van der Waals surface area contributed by atoms with Crippen molar-refractivity contribution in [3.05, 3.63) is 64.7 Å². The Balaban J connectivity index is 0.00000341. The molecule has 1 atom stereocenters. The predicted molar refractivity (Wildman–Crippen MR) is 136 cm³/mol. The zero-order chi connectivity index (χ0) is 21.5. The van der Waals surface area contributed by atoms with E-state index in [1.165, 1.54) is 11.1 Å². The third kappa shape index (κ3) is 7.41. The summed E-state index contributed by atoms with van der Waals surface area (Å²) in [6.07, 6.45) is 3.04. The molecule has 0 aliphatic heterocycles. The van der Waals surface area contributed by atoms with E-state index in [1.54, 1.807) is 26.1 Å². The van der Waals surface area contributed by atoms with Gasteiger partial charge in [0.1, 0.15) is 5.75 Å². The van der Waals surface area contributed by atoms with Crippen LogP contribution in [0, 0.1) is 6.92 Å². The van der Waals surface area contributed by atoms with Crippen molar-refractivity contribution in [3.63, 3.8) is 0 Å². The topological polar surface area (TPSA) is 66.0 Å². The van der Waals surface area contributed by atoms with Crippen LogP contribution < -0.4 is 15.4 Å². The van der Waals surface area contributed by atoms with Crippen LogP contribution in [0.1, 0.15) is 28.7 Å². The lowest BCUT2D eigenvalue weighted by atomic mass is 9.88. The van der Waals surface area contributed by atoms with Gasteiger partial charge < -0.3 is 20.3 Å². The summed E-state index contributed by atoms with van der Waals surface area (Å²) in [5.74, 6) is 1.50. The van der Waals surface area contributed by atoms with Crippen molar-refractivity contribution in [1.29, 1.82) is 0 Å². The Bertz CT molecular complexity index is 914. The predicted octanol–water partition coefficient (Wildman–Crippen LogP) is 3.30. The second kappa shape index (κ2) is 11.9. The molecule has 7 heteroatoms. The van der Waals surface area contributed by atoms with Crippen LogP contribution in [0.3, 0.4) is 0 Å². The number of hydrogen-bond donors (Lipinski definition) is 2. The number of halogens is 1. The minimum atomic E-state index is 0. The lowest BCUT2D eigenvalue weighted by molar-refractivity contribution is -0.127. The first-order valence-electron chi connectivity index (χ1n) is 10.4. The molecule has 0 bridgehead atoms. The number of guanidine groups is 1. The minimum Gasteiger partial charge on any atom is -0.497 e. The summed E-state index contributed by atoms with van der Waals surface area (Å²) >= 11 is 0. The Kier molecular flexibility index (Phi) is 9.61. The summed E-state index contributed by atoms with van der Waals surface area (Å²) in [5, 5.41) is 6.74. The Morgan fingerprint density at radius 2 is 1.94 bits per heavy atom. The van der Waals surface area contributed by atoms with E-state index >= 15 is 0 Å². The number of fused-ring (bicyclic) bond motifs is 1. The highest BCUT2D eigenvalue weighted by atomic mass is 127. The number of carbonyl (C=O) groups is 1. The number of rotatable bonds is 6. The van der Waals surface area contributed by atoms with Gasteiger partial charge in [-0.05, 0) is 60.6 Å². The van der Waals surface area contributed by atoms with E-state index in [0.29, 0.717) is 12.5 Å². The van der Waals surface area contributed by atoms with E-state index < -0.39 is 0 Å². The molecule has 0 heterocycles. The second-order valence-corrected chi connectivity index (χ2v) is 8.02. The molecule has 0 fully saturated rings. The standard InChI is InChI=1S/C24H32N4O2.HI/c1-17-11-18(13-22(12-17)30-4)15-25-24(26-16-23(29)28(2)3)27-21-10-9-19-7-5-6-8-20(19)14-21;/h5-8,11-13,21H,9-10,14-16H2,1-4H3,(H2,25,26,27);1H. The van der Waals surface area contributed by atoms with Gasteiger partial charge in [0.25, 0.3) is 0 Å². The van der Waals surface area contributed by atoms with Crippen molar-refractivity contribution >= 4 is 35.8 Å². The summed E-state index contributed by atoms with van der Waals surface area (Å²) in [6.45, 7) is 2.76. The average Bonchev–Trinajstić information content (AvgIpc) is 2.74. The zero-order valence-electron chi connectivity index (χ0n) is 18.8. The van der Waals surface area contributed by atoms with Gasteiger partial charge in [0, 0.05) is 20.1 Å². The van der Waals surface area contributed by atoms with Crippen LogP contribution in [-0.4, -0.2) is 50.6 Å². The largest absolute Gasteiger partial charge is 0.497 e. The van der Waals surface area contributed by atoms with Gasteiger partial charge in [0.05, 0.1) is 20.2 Å². The SMILES string of the molecule is COc1cc(C)cc(CN=C(NCC(=O)N(C)C)NC2CCc3ccccc3C2)c1.I. The summed E-state index contributed by atoms with van der Waals surface area (Å²) in [4.78, 5) is 18.4. The molecule has 1 aliphatic rings. The first-order valence-corrected chi connectivity index (χ1v) is 10.4. The normalized spacial score (nSPS) is 15.4. The summed E-state index contributed by atoms with van der Waals surface area (Å²) in [5.41, 5.74) is 5.01. The first kappa shape index (κ1) is 25.0. The first-order chi connectivity index (χ1) is 14.4. The summed E-state index contributed by atoms with van der Waals surface area (Å²) in [7, 11) is 5.18. The number of likely N-dealkylation sites (N-methyl/N-ethyl adjacent to an activating group) is 1. The quantitative estimate of drug-likeness (QED) is 0.338. The maximum absolute atomic E-state index is 12.1. The van der Waals surface area contributed by atoms with Crippen molar-refractivity contribution in [1.82, 2.24) is 15.5 Å². The molecule has 1 aliphatic carbocycles. The fourth-order valence-corrected chi connectivity index (χ4v) is 3.69. The zero-order valence-corrected chi connectivity index (χ0v) is 21.1. The number of ether oxygens (including phenoxy) is 1. The third-order valence-corrected chi connectivity index (χ3v) is 5.36. The van der Waals surface area contributed by atoms with E-state index in [4.69, 9.17) is 9.73 Å². The number of aliphatic imine (C=N–C) groups is 1. The molecule has 168 valence electrons. The third-order valence-electron chi connectivity index (χ3n) is 5.36. The van der Waals surface area contributed by atoms with E-state index in [1.807, 2.05) is 19.1 Å². The maximum atomic E-state index is 12.1. The highest BCUT2D eigenvalue weighted by Crippen LogP contribution is 2.21. The van der Waals surface area contributed by atoms with Gasteiger partial charge in [-0.2, -0.15) is 0 Å². The van der Waals surface area contributed by atoms with Crippen molar-refractivity contribution in [2.24, 2.45) is 4.99 Å². The van der Waals surface area contributed by atoms with Gasteiger partial charge in [0.2, 0.25) is 5.91 Å². The van der Waals surface area contributed by atoms with Crippen molar-refractivity contribution in [2.45, 2.75) is 38.8 Å². The monoisotopic (exact) mass is 536 g/mol. The molecule has 1 amide bonds. The number of aryl methyl sites for hydroxylation is 2. The molecule has 3 rings (SSSR count). The van der Waals surface area contributed by atoms with E-state index in [0.717, 1.165) is 36.1 Å². The number of nitrogens with one attached hydrogen (secondary N) is 2. The molecular weight excluding hydrogens is 503 g/mol. The number of hydrogen-bond acceptors (Lipinski definition) is 3.